The van der Waals surface area contributed by atoms with E-state index in [0.29, 0.717) is 30.1 Å². The summed E-state index contributed by atoms with van der Waals surface area (Å²) in [5.74, 6) is 0.420. The molecule has 2 N–H and O–H groups in total. The summed E-state index contributed by atoms with van der Waals surface area (Å²) < 4.78 is 10.8. The molecule has 23 heavy (non-hydrogen) atoms. The van der Waals surface area contributed by atoms with Crippen molar-refractivity contribution in [3.63, 3.8) is 0 Å². The average molecular weight is 322 g/mol. The molecule has 0 heterocycles. The molecule has 2 amide bonds. The maximum atomic E-state index is 12.1. The van der Waals surface area contributed by atoms with E-state index in [1.807, 2.05) is 27.7 Å². The Kier molecular flexibility index (Phi) is 6.88. The van der Waals surface area contributed by atoms with Crippen molar-refractivity contribution in [3.05, 3.63) is 23.8 Å². The number of methoxy groups -OCH3 is 1. The normalized spacial score (nSPS) is 10.8. The van der Waals surface area contributed by atoms with Gasteiger partial charge >= 0.3 is 0 Å². The van der Waals surface area contributed by atoms with Crippen molar-refractivity contribution < 1.29 is 19.1 Å². The van der Waals surface area contributed by atoms with Crippen LogP contribution in [0.25, 0.3) is 0 Å². The van der Waals surface area contributed by atoms with E-state index >= 15 is 0 Å². The van der Waals surface area contributed by atoms with Gasteiger partial charge in [0.05, 0.1) is 13.7 Å². The average Bonchev–Trinajstić information content (AvgIpc) is 2.48. The molecule has 0 fully saturated rings. The summed E-state index contributed by atoms with van der Waals surface area (Å²) in [6.07, 6.45) is 1.20. The van der Waals surface area contributed by atoms with Crippen LogP contribution in [0, 0.1) is 5.41 Å². The number of carbonyl (C=O) groups excluding carboxylic acids is 2. The van der Waals surface area contributed by atoms with Crippen LogP contribution in [0.5, 0.6) is 11.5 Å². The van der Waals surface area contributed by atoms with Gasteiger partial charge in [0.25, 0.3) is 5.91 Å². The van der Waals surface area contributed by atoms with Crippen molar-refractivity contribution in [1.29, 1.82) is 0 Å². The summed E-state index contributed by atoms with van der Waals surface area (Å²) in [5.41, 5.74) is 5.05. The van der Waals surface area contributed by atoms with E-state index in [4.69, 9.17) is 9.47 Å². The Balaban J connectivity index is 2.67. The monoisotopic (exact) mass is 322 g/mol. The number of hydrogen-bond donors (Lipinski definition) is 2. The van der Waals surface area contributed by atoms with Crippen LogP contribution >= 0.6 is 0 Å². The maximum absolute atomic E-state index is 12.1. The Hall–Kier alpha value is -2.24. The Bertz CT molecular complexity index is 550. The second-order valence-corrected chi connectivity index (χ2v) is 6.45. The minimum atomic E-state index is -0.410. The van der Waals surface area contributed by atoms with E-state index in [9.17, 15) is 9.59 Å². The van der Waals surface area contributed by atoms with Crippen LogP contribution < -0.4 is 20.3 Å². The SMILES string of the molecule is CCCOc1ccc(C(=O)NNC(=O)CC(C)(C)C)cc1OC. The molecular formula is C17H26N2O4. The Morgan fingerprint density at radius 1 is 1.13 bits per heavy atom. The van der Waals surface area contributed by atoms with Gasteiger partial charge in [-0.05, 0) is 30.0 Å². The number of hydrogen-bond acceptors (Lipinski definition) is 4. The first kappa shape index (κ1) is 18.8. The first-order valence-electron chi connectivity index (χ1n) is 7.67. The summed E-state index contributed by atoms with van der Waals surface area (Å²) >= 11 is 0. The highest BCUT2D eigenvalue weighted by Crippen LogP contribution is 2.28. The molecule has 0 aromatic heterocycles. The van der Waals surface area contributed by atoms with Crippen molar-refractivity contribution in [2.45, 2.75) is 40.5 Å². The molecule has 0 unspecified atom stereocenters. The van der Waals surface area contributed by atoms with E-state index in [0.717, 1.165) is 6.42 Å². The van der Waals surface area contributed by atoms with Gasteiger partial charge in [-0.2, -0.15) is 0 Å². The molecule has 6 nitrogen and oxygen atoms in total. The zero-order valence-corrected chi connectivity index (χ0v) is 14.5. The van der Waals surface area contributed by atoms with Crippen molar-refractivity contribution in [2.75, 3.05) is 13.7 Å². The molecule has 0 aliphatic carbocycles. The van der Waals surface area contributed by atoms with Crippen LogP contribution in [0.3, 0.4) is 0 Å². The molecule has 1 rings (SSSR count). The summed E-state index contributed by atoms with van der Waals surface area (Å²) in [6, 6.07) is 4.88. The van der Waals surface area contributed by atoms with Crippen LogP contribution in [0.1, 0.15) is 50.9 Å². The lowest BCUT2D eigenvalue weighted by atomic mass is 9.92. The lowest BCUT2D eigenvalue weighted by Crippen LogP contribution is -2.42. The number of ether oxygens (including phenoxy) is 2. The van der Waals surface area contributed by atoms with Gasteiger partial charge in [-0.1, -0.05) is 27.7 Å². The third-order valence-electron chi connectivity index (χ3n) is 2.89. The molecule has 0 spiro atoms. The number of carbonyl (C=O) groups is 2. The van der Waals surface area contributed by atoms with Gasteiger partial charge in [0.15, 0.2) is 11.5 Å². The number of amides is 2. The van der Waals surface area contributed by atoms with Gasteiger partial charge in [-0.15, -0.1) is 0 Å². The number of hydrazine groups is 1. The van der Waals surface area contributed by atoms with E-state index in [-0.39, 0.29) is 11.3 Å². The lowest BCUT2D eigenvalue weighted by molar-refractivity contribution is -0.123. The van der Waals surface area contributed by atoms with Gasteiger partial charge in [0.1, 0.15) is 0 Å². The van der Waals surface area contributed by atoms with Crippen LogP contribution in [0.15, 0.2) is 18.2 Å². The van der Waals surface area contributed by atoms with Gasteiger partial charge in [0, 0.05) is 12.0 Å². The molecule has 128 valence electrons. The highest BCUT2D eigenvalue weighted by molar-refractivity contribution is 5.96. The molecular weight excluding hydrogens is 296 g/mol. The second kappa shape index (κ2) is 8.41. The van der Waals surface area contributed by atoms with Crippen LogP contribution in [0.2, 0.25) is 0 Å². The van der Waals surface area contributed by atoms with Crippen molar-refractivity contribution in [1.82, 2.24) is 10.9 Å². The van der Waals surface area contributed by atoms with E-state index < -0.39 is 5.91 Å². The number of benzene rings is 1. The fourth-order valence-electron chi connectivity index (χ4n) is 1.86. The quantitative estimate of drug-likeness (QED) is 0.790. The smallest absolute Gasteiger partial charge is 0.269 e. The van der Waals surface area contributed by atoms with E-state index in [2.05, 4.69) is 10.9 Å². The zero-order chi connectivity index (χ0) is 17.5. The molecule has 0 saturated heterocycles. The molecule has 0 radical (unpaired) electrons. The van der Waals surface area contributed by atoms with Crippen LogP contribution in [-0.2, 0) is 4.79 Å². The maximum Gasteiger partial charge on any atom is 0.269 e. The van der Waals surface area contributed by atoms with Crippen molar-refractivity contribution >= 4 is 11.8 Å². The van der Waals surface area contributed by atoms with Gasteiger partial charge in [0.2, 0.25) is 5.91 Å². The molecule has 1 aromatic carbocycles. The Morgan fingerprint density at radius 2 is 1.83 bits per heavy atom. The van der Waals surface area contributed by atoms with Gasteiger partial charge in [-0.25, -0.2) is 0 Å². The first-order chi connectivity index (χ1) is 10.8. The van der Waals surface area contributed by atoms with Crippen LogP contribution in [-0.4, -0.2) is 25.5 Å². The zero-order valence-electron chi connectivity index (χ0n) is 14.5. The predicted molar refractivity (Wildman–Crippen MR) is 88.5 cm³/mol. The van der Waals surface area contributed by atoms with E-state index in [1.54, 1.807) is 18.2 Å². The third kappa shape index (κ3) is 6.59. The number of nitrogens with one attached hydrogen (secondary N) is 2. The highest BCUT2D eigenvalue weighted by atomic mass is 16.5. The van der Waals surface area contributed by atoms with Gasteiger partial charge < -0.3 is 9.47 Å². The summed E-state index contributed by atoms with van der Waals surface area (Å²) in [6.45, 7) is 8.44. The van der Waals surface area contributed by atoms with E-state index in [1.165, 1.54) is 7.11 Å². The minimum Gasteiger partial charge on any atom is -0.493 e. The topological polar surface area (TPSA) is 76.7 Å². The molecule has 1 aromatic rings. The minimum absolute atomic E-state index is 0.143. The highest BCUT2D eigenvalue weighted by Gasteiger charge is 2.17. The molecule has 6 heteroatoms. The Morgan fingerprint density at radius 3 is 2.39 bits per heavy atom. The fraction of sp³-hybridized carbons (Fsp3) is 0.529. The lowest BCUT2D eigenvalue weighted by Gasteiger charge is -2.17. The summed E-state index contributed by atoms with van der Waals surface area (Å²) in [7, 11) is 1.51. The molecule has 0 aliphatic heterocycles. The van der Waals surface area contributed by atoms with Crippen molar-refractivity contribution in [3.8, 4) is 11.5 Å². The first-order valence-corrected chi connectivity index (χ1v) is 7.67. The van der Waals surface area contributed by atoms with Gasteiger partial charge in [-0.3, -0.25) is 20.4 Å². The largest absolute Gasteiger partial charge is 0.493 e. The Labute approximate surface area is 137 Å². The molecule has 0 aliphatic rings. The predicted octanol–water partition coefficient (Wildman–Crippen LogP) is 2.68. The van der Waals surface area contributed by atoms with Crippen LogP contribution in [0.4, 0.5) is 0 Å². The fourth-order valence-corrected chi connectivity index (χ4v) is 1.86. The summed E-state index contributed by atoms with van der Waals surface area (Å²) in [5, 5.41) is 0. The third-order valence-corrected chi connectivity index (χ3v) is 2.89. The molecule has 0 saturated carbocycles. The molecule has 0 bridgehead atoms. The number of rotatable bonds is 6. The summed E-state index contributed by atoms with van der Waals surface area (Å²) in [4.78, 5) is 23.8. The standard InChI is InChI=1S/C17H26N2O4/c1-6-9-23-13-8-7-12(10-14(13)22-5)16(21)19-18-15(20)11-17(2,3)4/h7-8,10H,6,9,11H2,1-5H3,(H,18,20)(H,19,21). The second-order valence-electron chi connectivity index (χ2n) is 6.45. The molecule has 0 atom stereocenters. The van der Waals surface area contributed by atoms with Crippen molar-refractivity contribution in [2.24, 2.45) is 5.41 Å².